The minimum Gasteiger partial charge on any atom is -1.00 e. The Bertz CT molecular complexity index is 362. The molecule has 0 fully saturated rings. The normalized spacial score (nSPS) is 12.5. The second-order valence-corrected chi connectivity index (χ2v) is 6.62. The minimum absolute atomic E-state index is 0. The summed E-state index contributed by atoms with van der Waals surface area (Å²) in [5.41, 5.74) is 0. The van der Waals surface area contributed by atoms with Crippen LogP contribution in [-0.4, -0.2) is 30.8 Å². The Kier molecular flexibility index (Phi) is 15.8. The first-order valence-corrected chi connectivity index (χ1v) is 9.06. The quantitative estimate of drug-likeness (QED) is 0.243. The van der Waals surface area contributed by atoms with E-state index in [0.29, 0.717) is 6.42 Å². The predicted octanol–water partition coefficient (Wildman–Crippen LogP) is 0.453. The molecule has 0 aliphatic heterocycles. The Morgan fingerprint density at radius 1 is 1.05 bits per heavy atom. The molecule has 0 aliphatic rings. The van der Waals surface area contributed by atoms with Crippen molar-refractivity contribution in [1.82, 2.24) is 0 Å². The van der Waals surface area contributed by atoms with Gasteiger partial charge in [0.15, 0.2) is 5.25 Å². The van der Waals surface area contributed by atoms with Crippen molar-refractivity contribution in [3.05, 3.63) is 0 Å². The fourth-order valence-corrected chi connectivity index (χ4v) is 2.86. The van der Waals surface area contributed by atoms with Gasteiger partial charge in [0.25, 0.3) is 10.1 Å². The van der Waals surface area contributed by atoms with E-state index in [0.717, 1.165) is 19.3 Å². The van der Waals surface area contributed by atoms with Crippen molar-refractivity contribution < 1.29 is 53.5 Å². The van der Waals surface area contributed by atoms with Crippen LogP contribution in [0.25, 0.3) is 0 Å². The Morgan fingerprint density at radius 2 is 1.52 bits per heavy atom. The molecule has 0 saturated heterocycles. The Balaban J connectivity index is -0.00000180. The molecule has 0 heterocycles. The molecule has 21 heavy (non-hydrogen) atoms. The maximum absolute atomic E-state index is 11.5. The van der Waals surface area contributed by atoms with Crippen LogP contribution in [0.15, 0.2) is 0 Å². The number of hydrogen-bond donors (Lipinski definition) is 1. The number of carbonyl (C=O) groups excluding carboxylic acids is 1. The topological polar surface area (TPSA) is 80.7 Å². The second kappa shape index (κ2) is 14.0. The molecule has 0 aromatic rings. The minimum atomic E-state index is -4.37. The van der Waals surface area contributed by atoms with Gasteiger partial charge >= 0.3 is 35.5 Å². The molecule has 0 aromatic heterocycles. The molecule has 0 aromatic carbocycles. The van der Waals surface area contributed by atoms with Gasteiger partial charge in [-0.2, -0.15) is 8.42 Å². The van der Waals surface area contributed by atoms with Crippen molar-refractivity contribution in [2.24, 2.45) is 0 Å². The van der Waals surface area contributed by atoms with Crippen LogP contribution in [0.1, 0.15) is 73.1 Å². The van der Waals surface area contributed by atoms with E-state index in [9.17, 15) is 13.2 Å². The fraction of sp³-hybridized carbons (Fsp3) is 0.929. The zero-order valence-corrected chi connectivity index (χ0v) is 16.5. The maximum atomic E-state index is 11.5. The van der Waals surface area contributed by atoms with Gasteiger partial charge in [-0.1, -0.05) is 58.3 Å². The van der Waals surface area contributed by atoms with E-state index < -0.39 is 21.3 Å². The average Bonchev–Trinajstić information content (AvgIpc) is 2.35. The summed E-state index contributed by atoms with van der Waals surface area (Å²) >= 11 is 0. The maximum Gasteiger partial charge on any atom is 1.00 e. The first kappa shape index (κ1) is 23.6. The molecule has 5 nitrogen and oxygen atoms in total. The van der Waals surface area contributed by atoms with Gasteiger partial charge in [-0.25, -0.2) is 0 Å². The zero-order chi connectivity index (χ0) is 15.4. The summed E-state index contributed by atoms with van der Waals surface area (Å²) in [5.74, 6) is -0.849. The molecular weight excluding hydrogens is 303 g/mol. The molecule has 0 amide bonds. The summed E-state index contributed by atoms with van der Waals surface area (Å²) in [6.45, 7) is 3.89. The fourth-order valence-electron chi connectivity index (χ4n) is 2.09. The van der Waals surface area contributed by atoms with Crippen LogP contribution >= 0.6 is 0 Å². The number of ether oxygens (including phenoxy) is 1. The first-order chi connectivity index (χ1) is 9.43. The van der Waals surface area contributed by atoms with Crippen molar-refractivity contribution in [3.63, 3.8) is 0 Å². The van der Waals surface area contributed by atoms with Crippen molar-refractivity contribution in [2.45, 2.75) is 76.9 Å². The largest absolute Gasteiger partial charge is 1.00 e. The second-order valence-electron chi connectivity index (χ2n) is 5.02. The standard InChI is InChI=1S/C14H28O5S.Na.H/c1-3-5-6-7-8-9-10-11-12-13(20(16,17)18)14(15)19-4-2;;/h13H,3-12H2,1-2H3,(H,16,17,18);;/q;+1;-1. The van der Waals surface area contributed by atoms with E-state index in [4.69, 9.17) is 4.55 Å². The van der Waals surface area contributed by atoms with Gasteiger partial charge in [-0.3, -0.25) is 9.35 Å². The Labute approximate surface area is 152 Å². The Morgan fingerprint density at radius 3 is 1.95 bits per heavy atom. The van der Waals surface area contributed by atoms with Gasteiger partial charge in [-0.15, -0.1) is 0 Å². The summed E-state index contributed by atoms with van der Waals surface area (Å²) in [6, 6.07) is 0. The van der Waals surface area contributed by atoms with Crippen molar-refractivity contribution in [1.29, 1.82) is 0 Å². The third-order valence-corrected chi connectivity index (χ3v) is 4.38. The monoisotopic (exact) mass is 332 g/mol. The molecule has 0 bridgehead atoms. The van der Waals surface area contributed by atoms with Gasteiger partial charge in [0.05, 0.1) is 6.61 Å². The van der Waals surface area contributed by atoms with Crippen molar-refractivity contribution >= 4 is 16.1 Å². The third-order valence-electron chi connectivity index (χ3n) is 3.23. The van der Waals surface area contributed by atoms with Crippen LogP contribution in [-0.2, 0) is 19.6 Å². The van der Waals surface area contributed by atoms with E-state index in [1.54, 1.807) is 6.92 Å². The number of esters is 1. The van der Waals surface area contributed by atoms with Gasteiger partial charge in [0.1, 0.15) is 0 Å². The summed E-state index contributed by atoms with van der Waals surface area (Å²) in [5, 5.41) is -1.43. The number of rotatable bonds is 12. The molecule has 1 unspecified atom stereocenters. The van der Waals surface area contributed by atoms with Gasteiger partial charge in [0, 0.05) is 0 Å². The average molecular weight is 332 g/mol. The molecule has 1 atom stereocenters. The van der Waals surface area contributed by atoms with E-state index in [-0.39, 0.29) is 44.0 Å². The SMILES string of the molecule is CCCCCCCCCCC(C(=O)OCC)S(=O)(=O)O.[H-].[Na+]. The summed E-state index contributed by atoms with van der Waals surface area (Å²) in [7, 11) is -4.37. The van der Waals surface area contributed by atoms with E-state index in [1.165, 1.54) is 25.7 Å². The van der Waals surface area contributed by atoms with Gasteiger partial charge in [-0.05, 0) is 13.3 Å². The van der Waals surface area contributed by atoms with Crippen molar-refractivity contribution in [2.75, 3.05) is 6.61 Å². The van der Waals surface area contributed by atoms with Crippen molar-refractivity contribution in [3.8, 4) is 0 Å². The Hall–Kier alpha value is 0.380. The van der Waals surface area contributed by atoms with Crippen LogP contribution in [0.4, 0.5) is 0 Å². The molecule has 122 valence electrons. The molecule has 1 N–H and O–H groups in total. The van der Waals surface area contributed by atoms with Crippen LogP contribution in [0.3, 0.4) is 0 Å². The molecular formula is C14H29NaO5S. The van der Waals surface area contributed by atoms with Crippen LogP contribution < -0.4 is 29.6 Å². The molecule has 0 aliphatic carbocycles. The van der Waals surface area contributed by atoms with Crippen LogP contribution in [0.2, 0.25) is 0 Å². The van der Waals surface area contributed by atoms with Gasteiger partial charge < -0.3 is 6.16 Å². The molecule has 0 rings (SSSR count). The van der Waals surface area contributed by atoms with Crippen LogP contribution in [0.5, 0.6) is 0 Å². The van der Waals surface area contributed by atoms with Crippen LogP contribution in [0, 0.1) is 0 Å². The summed E-state index contributed by atoms with van der Waals surface area (Å²) < 4.78 is 36.0. The van der Waals surface area contributed by atoms with Gasteiger partial charge in [0.2, 0.25) is 0 Å². The summed E-state index contributed by atoms with van der Waals surface area (Å²) in [6.07, 6.45) is 8.70. The number of unbranched alkanes of at least 4 members (excludes halogenated alkanes) is 7. The molecule has 0 spiro atoms. The molecule has 0 radical (unpaired) electrons. The smallest absolute Gasteiger partial charge is 1.00 e. The van der Waals surface area contributed by atoms with E-state index in [2.05, 4.69) is 11.7 Å². The molecule has 0 saturated carbocycles. The zero-order valence-electron chi connectivity index (χ0n) is 14.6. The number of carbonyl (C=O) groups is 1. The third kappa shape index (κ3) is 12.6. The molecule has 7 heteroatoms. The first-order valence-electron chi connectivity index (χ1n) is 7.56. The van der Waals surface area contributed by atoms with E-state index in [1.807, 2.05) is 0 Å². The number of hydrogen-bond acceptors (Lipinski definition) is 4. The van der Waals surface area contributed by atoms with E-state index >= 15 is 0 Å². The summed E-state index contributed by atoms with van der Waals surface area (Å²) in [4.78, 5) is 11.5. The predicted molar refractivity (Wildman–Crippen MR) is 80.3 cm³/mol.